The fourth-order valence-electron chi connectivity index (χ4n) is 1.78. The molecule has 6 heteroatoms. The summed E-state index contributed by atoms with van der Waals surface area (Å²) in [7, 11) is 0. The molecule has 0 heterocycles. The Kier molecular flexibility index (Phi) is 3.93. The first kappa shape index (κ1) is 13.5. The first-order chi connectivity index (χ1) is 9.63. The van der Waals surface area contributed by atoms with Crippen molar-refractivity contribution >= 4 is 17.1 Å². The Labute approximate surface area is 115 Å². The third kappa shape index (κ3) is 2.91. The maximum absolute atomic E-state index is 11.1. The predicted molar refractivity (Wildman–Crippen MR) is 75.4 cm³/mol. The number of nitro benzene ring substituents is 1. The zero-order valence-corrected chi connectivity index (χ0v) is 10.5. The average molecular weight is 268 g/mol. The number of benzene rings is 2. The summed E-state index contributed by atoms with van der Waals surface area (Å²) in [5.41, 5.74) is 7.59. The van der Waals surface area contributed by atoms with E-state index in [4.69, 9.17) is 11.0 Å². The first-order valence-electron chi connectivity index (χ1n) is 5.88. The van der Waals surface area contributed by atoms with Crippen LogP contribution in [0.25, 0.3) is 0 Å². The molecule has 0 aliphatic heterocycles. The van der Waals surface area contributed by atoms with Crippen LogP contribution in [0, 0.1) is 21.4 Å². The van der Waals surface area contributed by atoms with Crippen molar-refractivity contribution in [2.24, 2.45) is 5.73 Å². The van der Waals surface area contributed by atoms with E-state index in [1.165, 1.54) is 6.07 Å². The van der Waals surface area contributed by atoms with Gasteiger partial charge in [-0.15, -0.1) is 0 Å². The summed E-state index contributed by atoms with van der Waals surface area (Å²) in [4.78, 5) is 10.6. The number of nitrogens with two attached hydrogens (primary N) is 1. The van der Waals surface area contributed by atoms with E-state index in [9.17, 15) is 10.1 Å². The number of anilines is 2. The van der Waals surface area contributed by atoms with E-state index in [1.807, 2.05) is 6.07 Å². The topological polar surface area (TPSA) is 105 Å². The number of hydrogen-bond acceptors (Lipinski definition) is 5. The molecule has 0 fully saturated rings. The molecule has 0 saturated carbocycles. The molecule has 0 saturated heterocycles. The van der Waals surface area contributed by atoms with Gasteiger partial charge in [0.2, 0.25) is 0 Å². The van der Waals surface area contributed by atoms with Crippen molar-refractivity contribution in [1.82, 2.24) is 0 Å². The summed E-state index contributed by atoms with van der Waals surface area (Å²) < 4.78 is 0. The van der Waals surface area contributed by atoms with E-state index < -0.39 is 4.92 Å². The van der Waals surface area contributed by atoms with Gasteiger partial charge in [-0.05, 0) is 29.8 Å². The Morgan fingerprint density at radius 3 is 2.75 bits per heavy atom. The van der Waals surface area contributed by atoms with Crippen molar-refractivity contribution in [2.75, 3.05) is 5.32 Å². The van der Waals surface area contributed by atoms with Crippen LogP contribution in [0.5, 0.6) is 0 Å². The van der Waals surface area contributed by atoms with Gasteiger partial charge in [-0.1, -0.05) is 12.1 Å². The Hall–Kier alpha value is -2.91. The maximum Gasteiger partial charge on any atom is 0.292 e. The van der Waals surface area contributed by atoms with Crippen molar-refractivity contribution < 1.29 is 4.92 Å². The van der Waals surface area contributed by atoms with E-state index in [0.29, 0.717) is 22.5 Å². The van der Waals surface area contributed by atoms with Crippen LogP contribution >= 0.6 is 0 Å². The average Bonchev–Trinajstić information content (AvgIpc) is 2.47. The zero-order chi connectivity index (χ0) is 14.5. The highest BCUT2D eigenvalue weighted by molar-refractivity contribution is 5.70. The van der Waals surface area contributed by atoms with Crippen LogP contribution in [-0.4, -0.2) is 4.92 Å². The number of hydrogen-bond donors (Lipinski definition) is 2. The summed E-state index contributed by atoms with van der Waals surface area (Å²) in [6, 6.07) is 13.5. The van der Waals surface area contributed by atoms with Crippen molar-refractivity contribution in [3.63, 3.8) is 0 Å². The highest BCUT2D eigenvalue weighted by Crippen LogP contribution is 2.28. The normalized spacial score (nSPS) is 9.80. The summed E-state index contributed by atoms with van der Waals surface area (Å²) in [5.74, 6) is 0. The van der Waals surface area contributed by atoms with Gasteiger partial charge in [-0.25, -0.2) is 0 Å². The van der Waals surface area contributed by atoms with E-state index in [-0.39, 0.29) is 12.2 Å². The summed E-state index contributed by atoms with van der Waals surface area (Å²) in [6.45, 7) is 0.241. The van der Waals surface area contributed by atoms with Gasteiger partial charge in [-0.3, -0.25) is 10.1 Å². The molecule has 0 amide bonds. The lowest BCUT2D eigenvalue weighted by Crippen LogP contribution is -2.01. The highest BCUT2D eigenvalue weighted by atomic mass is 16.6. The van der Waals surface area contributed by atoms with E-state index in [1.54, 1.807) is 36.4 Å². The fraction of sp³-hybridized carbons (Fsp3) is 0.0714. The molecule has 20 heavy (non-hydrogen) atoms. The standard InChI is InChI=1S/C14H12N4O2/c15-8-10-2-1-3-12(6-10)17-13-5-4-11(9-16)7-14(13)18(19)20/h1-7,17H,9,16H2. The van der Waals surface area contributed by atoms with E-state index in [2.05, 4.69) is 5.32 Å². The Morgan fingerprint density at radius 1 is 1.30 bits per heavy atom. The Balaban J connectivity index is 2.37. The van der Waals surface area contributed by atoms with Crippen molar-refractivity contribution in [3.05, 3.63) is 63.7 Å². The third-order valence-corrected chi connectivity index (χ3v) is 2.77. The van der Waals surface area contributed by atoms with Crippen molar-refractivity contribution in [3.8, 4) is 6.07 Å². The van der Waals surface area contributed by atoms with Crippen LogP contribution in [-0.2, 0) is 6.54 Å². The minimum Gasteiger partial charge on any atom is -0.350 e. The van der Waals surface area contributed by atoms with Crippen LogP contribution in [0.2, 0.25) is 0 Å². The van der Waals surface area contributed by atoms with Gasteiger partial charge in [0.1, 0.15) is 5.69 Å². The number of nitro groups is 1. The molecule has 0 bridgehead atoms. The molecular formula is C14H12N4O2. The molecule has 2 aromatic carbocycles. The van der Waals surface area contributed by atoms with Gasteiger partial charge in [0.15, 0.2) is 0 Å². The summed E-state index contributed by atoms with van der Waals surface area (Å²) in [6.07, 6.45) is 0. The quantitative estimate of drug-likeness (QED) is 0.655. The second kappa shape index (κ2) is 5.82. The van der Waals surface area contributed by atoms with Crippen molar-refractivity contribution in [2.45, 2.75) is 6.54 Å². The Bertz CT molecular complexity index is 692. The second-order valence-corrected chi connectivity index (χ2v) is 4.13. The molecule has 0 aliphatic rings. The molecule has 3 N–H and O–H groups in total. The number of rotatable bonds is 4. The lowest BCUT2D eigenvalue weighted by molar-refractivity contribution is -0.384. The third-order valence-electron chi connectivity index (χ3n) is 2.77. The molecule has 0 spiro atoms. The molecule has 0 atom stereocenters. The summed E-state index contributed by atoms with van der Waals surface area (Å²) >= 11 is 0. The summed E-state index contributed by atoms with van der Waals surface area (Å²) in [5, 5.41) is 22.9. The molecule has 6 nitrogen and oxygen atoms in total. The molecule has 0 unspecified atom stereocenters. The van der Waals surface area contributed by atoms with Crippen LogP contribution < -0.4 is 11.1 Å². The minimum atomic E-state index is -0.463. The van der Waals surface area contributed by atoms with Gasteiger partial charge < -0.3 is 11.1 Å². The van der Waals surface area contributed by atoms with Crippen LogP contribution in [0.4, 0.5) is 17.1 Å². The lowest BCUT2D eigenvalue weighted by atomic mass is 10.1. The molecule has 2 aromatic rings. The number of nitrogens with zero attached hydrogens (tertiary/aromatic N) is 2. The molecule has 0 radical (unpaired) electrons. The molecule has 100 valence electrons. The van der Waals surface area contributed by atoms with Crippen LogP contribution in [0.15, 0.2) is 42.5 Å². The fourth-order valence-corrected chi connectivity index (χ4v) is 1.78. The molecule has 0 aliphatic carbocycles. The number of nitriles is 1. The lowest BCUT2D eigenvalue weighted by Gasteiger charge is -2.08. The van der Waals surface area contributed by atoms with Gasteiger partial charge in [-0.2, -0.15) is 5.26 Å². The Morgan fingerprint density at radius 2 is 2.10 bits per heavy atom. The SMILES string of the molecule is N#Cc1cccc(Nc2ccc(CN)cc2[N+](=O)[O-])c1. The minimum absolute atomic E-state index is 0.0460. The van der Waals surface area contributed by atoms with Crippen molar-refractivity contribution in [1.29, 1.82) is 5.26 Å². The molecular weight excluding hydrogens is 256 g/mol. The maximum atomic E-state index is 11.1. The predicted octanol–water partition coefficient (Wildman–Crippen LogP) is 2.67. The zero-order valence-electron chi connectivity index (χ0n) is 10.5. The largest absolute Gasteiger partial charge is 0.350 e. The first-order valence-corrected chi connectivity index (χ1v) is 5.88. The van der Waals surface area contributed by atoms with Gasteiger partial charge >= 0.3 is 0 Å². The van der Waals surface area contributed by atoms with Crippen LogP contribution in [0.1, 0.15) is 11.1 Å². The highest BCUT2D eigenvalue weighted by Gasteiger charge is 2.14. The van der Waals surface area contributed by atoms with Gasteiger partial charge in [0.05, 0.1) is 16.6 Å². The molecule has 0 aromatic heterocycles. The van der Waals surface area contributed by atoms with E-state index >= 15 is 0 Å². The van der Waals surface area contributed by atoms with Gasteiger partial charge in [0, 0.05) is 18.3 Å². The number of nitrogens with one attached hydrogen (secondary N) is 1. The van der Waals surface area contributed by atoms with Gasteiger partial charge in [0.25, 0.3) is 5.69 Å². The van der Waals surface area contributed by atoms with E-state index in [0.717, 1.165) is 0 Å². The smallest absolute Gasteiger partial charge is 0.292 e. The monoisotopic (exact) mass is 268 g/mol. The van der Waals surface area contributed by atoms with Crippen LogP contribution in [0.3, 0.4) is 0 Å². The second-order valence-electron chi connectivity index (χ2n) is 4.13. The molecule has 2 rings (SSSR count).